The van der Waals surface area contributed by atoms with Gasteiger partial charge in [-0.25, -0.2) is 4.98 Å². The molecule has 0 amide bonds. The summed E-state index contributed by atoms with van der Waals surface area (Å²) in [6.45, 7) is 7.79. The molecule has 1 aromatic carbocycles. The third-order valence-corrected chi connectivity index (χ3v) is 7.48. The first-order valence-electron chi connectivity index (χ1n) is 9.69. The van der Waals surface area contributed by atoms with Crippen LogP contribution in [0.25, 0.3) is 15.9 Å². The molecule has 0 aliphatic carbocycles. The van der Waals surface area contributed by atoms with Gasteiger partial charge in [0.25, 0.3) is 5.56 Å². The Morgan fingerprint density at radius 1 is 1.15 bits per heavy atom. The quantitative estimate of drug-likeness (QED) is 0.528. The third-order valence-electron chi connectivity index (χ3n) is 5.43. The number of nitrogens with one attached hydrogen (secondary N) is 1. The molecule has 4 nitrogen and oxygen atoms in total. The van der Waals surface area contributed by atoms with Gasteiger partial charge in [-0.3, -0.25) is 9.36 Å². The standard InChI is InChI=1S/C21H25N3OS2/c1-15-16(2)27-19-18(15)20(25)24(17-9-5-3-6-10-17)21(22-19)26-14-13-23-11-7-4-8-12-23/h3,5-6,9-10H,4,7-8,11-14H2,1-2H3/p+1. The summed E-state index contributed by atoms with van der Waals surface area (Å²) in [7, 11) is 0. The molecule has 0 atom stereocenters. The van der Waals surface area contributed by atoms with Crippen LogP contribution in [0.3, 0.4) is 0 Å². The van der Waals surface area contributed by atoms with Crippen molar-refractivity contribution in [2.75, 3.05) is 25.4 Å². The van der Waals surface area contributed by atoms with Crippen LogP contribution in [0, 0.1) is 13.8 Å². The maximum absolute atomic E-state index is 13.4. The molecule has 4 rings (SSSR count). The lowest BCUT2D eigenvalue weighted by molar-refractivity contribution is -0.902. The summed E-state index contributed by atoms with van der Waals surface area (Å²) < 4.78 is 1.80. The highest BCUT2D eigenvalue weighted by Gasteiger charge is 2.19. The van der Waals surface area contributed by atoms with E-state index in [9.17, 15) is 4.79 Å². The van der Waals surface area contributed by atoms with Crippen LogP contribution in [-0.2, 0) is 0 Å². The van der Waals surface area contributed by atoms with E-state index in [4.69, 9.17) is 4.98 Å². The van der Waals surface area contributed by atoms with Gasteiger partial charge in [-0.15, -0.1) is 11.3 Å². The summed E-state index contributed by atoms with van der Waals surface area (Å²) in [6.07, 6.45) is 4.05. The van der Waals surface area contributed by atoms with Crippen LogP contribution in [0.5, 0.6) is 0 Å². The van der Waals surface area contributed by atoms with E-state index in [0.29, 0.717) is 0 Å². The van der Waals surface area contributed by atoms with Crippen molar-refractivity contribution in [2.45, 2.75) is 38.3 Å². The van der Waals surface area contributed by atoms with Crippen LogP contribution in [0.1, 0.15) is 29.7 Å². The molecule has 142 valence electrons. The molecule has 3 heterocycles. The van der Waals surface area contributed by atoms with Crippen molar-refractivity contribution in [2.24, 2.45) is 0 Å². The number of likely N-dealkylation sites (tertiary alicyclic amines) is 1. The van der Waals surface area contributed by atoms with Crippen molar-refractivity contribution in [1.82, 2.24) is 9.55 Å². The molecule has 0 unspecified atom stereocenters. The lowest BCUT2D eigenvalue weighted by Crippen LogP contribution is -3.13. The molecule has 0 radical (unpaired) electrons. The number of aryl methyl sites for hydroxylation is 2. The second-order valence-corrected chi connectivity index (χ2v) is 9.51. The number of rotatable bonds is 5. The van der Waals surface area contributed by atoms with Crippen LogP contribution in [0.4, 0.5) is 0 Å². The minimum absolute atomic E-state index is 0.0564. The Morgan fingerprint density at radius 2 is 1.89 bits per heavy atom. The Hall–Kier alpha value is -1.63. The van der Waals surface area contributed by atoms with Crippen LogP contribution in [0.2, 0.25) is 0 Å². The molecule has 0 bridgehead atoms. The smallest absolute Gasteiger partial charge is 0.267 e. The molecule has 0 spiro atoms. The van der Waals surface area contributed by atoms with Crippen molar-refractivity contribution in [1.29, 1.82) is 0 Å². The molecule has 2 aromatic heterocycles. The molecular formula is C21H26N3OS2+. The molecule has 3 aromatic rings. The van der Waals surface area contributed by atoms with Gasteiger partial charge in [0.05, 0.1) is 36.5 Å². The number of thiophene rings is 1. The predicted octanol–water partition coefficient (Wildman–Crippen LogP) is 3.22. The van der Waals surface area contributed by atoms with Crippen molar-refractivity contribution in [3.63, 3.8) is 0 Å². The highest BCUT2D eigenvalue weighted by atomic mass is 32.2. The van der Waals surface area contributed by atoms with E-state index in [1.54, 1.807) is 32.6 Å². The highest BCUT2D eigenvalue weighted by molar-refractivity contribution is 7.99. The van der Waals surface area contributed by atoms with Crippen LogP contribution in [0.15, 0.2) is 40.3 Å². The molecule has 0 saturated carbocycles. The van der Waals surface area contributed by atoms with Gasteiger partial charge in [0.15, 0.2) is 5.16 Å². The maximum atomic E-state index is 13.4. The fraction of sp³-hybridized carbons (Fsp3) is 0.429. The van der Waals surface area contributed by atoms with E-state index < -0.39 is 0 Å². The van der Waals surface area contributed by atoms with Gasteiger partial charge in [-0.2, -0.15) is 0 Å². The molecule has 1 fully saturated rings. The Labute approximate surface area is 168 Å². The second kappa shape index (κ2) is 8.17. The first-order valence-corrected chi connectivity index (χ1v) is 11.5. The molecule has 1 N–H and O–H groups in total. The SMILES string of the molecule is Cc1sc2nc(SCC[NH+]3CCCCC3)n(-c3ccccc3)c(=O)c2c1C. The normalized spacial score (nSPS) is 15.5. The Balaban J connectivity index is 1.70. The molecule has 1 saturated heterocycles. The number of aromatic nitrogens is 2. The number of thioether (sulfide) groups is 1. The summed E-state index contributed by atoms with van der Waals surface area (Å²) in [5.41, 5.74) is 2.01. The average Bonchev–Trinajstić information content (AvgIpc) is 2.97. The fourth-order valence-electron chi connectivity index (χ4n) is 3.77. The van der Waals surface area contributed by atoms with Gasteiger partial charge in [-0.05, 0) is 50.8 Å². The van der Waals surface area contributed by atoms with Crippen molar-refractivity contribution in [3.05, 3.63) is 51.1 Å². The van der Waals surface area contributed by atoms with E-state index in [1.807, 2.05) is 37.3 Å². The van der Waals surface area contributed by atoms with Gasteiger partial charge in [0, 0.05) is 4.88 Å². The van der Waals surface area contributed by atoms with E-state index in [-0.39, 0.29) is 5.56 Å². The Bertz CT molecular complexity index is 988. The number of nitrogens with zero attached hydrogens (tertiary/aromatic N) is 2. The number of para-hydroxylation sites is 1. The summed E-state index contributed by atoms with van der Waals surface area (Å²) in [5.74, 6) is 0.990. The monoisotopic (exact) mass is 400 g/mol. The number of benzene rings is 1. The van der Waals surface area contributed by atoms with E-state index in [2.05, 4.69) is 6.92 Å². The van der Waals surface area contributed by atoms with Crippen LogP contribution in [-0.4, -0.2) is 34.9 Å². The number of hydrogen-bond donors (Lipinski definition) is 1. The highest BCUT2D eigenvalue weighted by Crippen LogP contribution is 2.29. The maximum Gasteiger partial charge on any atom is 0.267 e. The van der Waals surface area contributed by atoms with Crippen molar-refractivity contribution >= 4 is 33.3 Å². The van der Waals surface area contributed by atoms with Crippen LogP contribution >= 0.6 is 23.1 Å². The minimum Gasteiger partial charge on any atom is -0.334 e. The van der Waals surface area contributed by atoms with E-state index >= 15 is 0 Å². The lowest BCUT2D eigenvalue weighted by atomic mass is 10.1. The minimum atomic E-state index is 0.0564. The van der Waals surface area contributed by atoms with Gasteiger partial charge in [0.1, 0.15) is 4.83 Å². The number of quaternary nitrogens is 1. The van der Waals surface area contributed by atoms with Crippen molar-refractivity contribution in [3.8, 4) is 5.69 Å². The second-order valence-electron chi connectivity index (χ2n) is 7.24. The molecule has 1 aliphatic rings. The number of fused-ring (bicyclic) bond motifs is 1. The lowest BCUT2D eigenvalue weighted by Gasteiger charge is -2.23. The molecule has 1 aliphatic heterocycles. The molecular weight excluding hydrogens is 374 g/mol. The molecule has 6 heteroatoms. The summed E-state index contributed by atoms with van der Waals surface area (Å²) >= 11 is 3.35. The van der Waals surface area contributed by atoms with E-state index in [1.165, 1.54) is 37.2 Å². The van der Waals surface area contributed by atoms with Gasteiger partial charge >= 0.3 is 0 Å². The summed E-state index contributed by atoms with van der Waals surface area (Å²) in [4.78, 5) is 22.0. The Morgan fingerprint density at radius 3 is 2.63 bits per heavy atom. The summed E-state index contributed by atoms with van der Waals surface area (Å²) in [6, 6.07) is 9.91. The first-order chi connectivity index (χ1) is 13.1. The largest absolute Gasteiger partial charge is 0.334 e. The predicted molar refractivity (Wildman–Crippen MR) is 115 cm³/mol. The zero-order valence-electron chi connectivity index (χ0n) is 16.0. The Kier molecular flexibility index (Phi) is 5.66. The van der Waals surface area contributed by atoms with Gasteiger partial charge in [0.2, 0.25) is 0 Å². The first kappa shape index (κ1) is 18.7. The van der Waals surface area contributed by atoms with Crippen molar-refractivity contribution < 1.29 is 4.90 Å². The van der Waals surface area contributed by atoms with Crippen LogP contribution < -0.4 is 10.5 Å². The third kappa shape index (κ3) is 3.84. The van der Waals surface area contributed by atoms with Gasteiger partial charge in [-0.1, -0.05) is 30.0 Å². The topological polar surface area (TPSA) is 39.3 Å². The number of hydrogen-bond acceptors (Lipinski definition) is 4. The zero-order valence-corrected chi connectivity index (χ0v) is 17.6. The zero-order chi connectivity index (χ0) is 18.8. The fourth-order valence-corrected chi connectivity index (χ4v) is 5.89. The van der Waals surface area contributed by atoms with Gasteiger partial charge < -0.3 is 4.90 Å². The number of piperidine rings is 1. The summed E-state index contributed by atoms with van der Waals surface area (Å²) in [5, 5.41) is 1.59. The van der Waals surface area contributed by atoms with E-state index in [0.717, 1.165) is 38.9 Å². The molecule has 27 heavy (non-hydrogen) atoms. The average molecular weight is 401 g/mol.